The van der Waals surface area contributed by atoms with Gasteiger partial charge in [-0.25, -0.2) is 4.79 Å². The van der Waals surface area contributed by atoms with Gasteiger partial charge in [0.25, 0.3) is 0 Å². The molecule has 0 saturated heterocycles. The van der Waals surface area contributed by atoms with Gasteiger partial charge in [-0.3, -0.25) is 9.69 Å². The number of nitrogens with zero attached hydrogens (tertiary/aromatic N) is 1. The van der Waals surface area contributed by atoms with Crippen LogP contribution in [0, 0.1) is 0 Å². The summed E-state index contributed by atoms with van der Waals surface area (Å²) in [4.78, 5) is 24.2. The smallest absolute Gasteiger partial charge is 0.407 e. The van der Waals surface area contributed by atoms with Crippen LogP contribution >= 0.6 is 0 Å². The first-order valence-corrected chi connectivity index (χ1v) is 7.09. The van der Waals surface area contributed by atoms with E-state index in [0.717, 1.165) is 25.7 Å². The van der Waals surface area contributed by atoms with E-state index >= 15 is 0 Å². The molecule has 1 saturated carbocycles. The van der Waals surface area contributed by atoms with Crippen LogP contribution in [-0.4, -0.2) is 53.3 Å². The van der Waals surface area contributed by atoms with Gasteiger partial charge >= 0.3 is 12.1 Å². The molecular formula is C14H26N2O4. The van der Waals surface area contributed by atoms with Crippen LogP contribution in [0.1, 0.15) is 46.5 Å². The Hall–Kier alpha value is -1.30. The average Bonchev–Trinajstić information content (AvgIpc) is 2.26. The third-order valence-electron chi connectivity index (χ3n) is 3.43. The number of likely N-dealkylation sites (N-methyl/N-ethyl adjacent to an activating group) is 1. The molecule has 0 unspecified atom stereocenters. The van der Waals surface area contributed by atoms with Crippen LogP contribution in [0.25, 0.3) is 0 Å². The highest BCUT2D eigenvalue weighted by Crippen LogP contribution is 2.22. The van der Waals surface area contributed by atoms with Gasteiger partial charge in [0.15, 0.2) is 0 Å². The minimum absolute atomic E-state index is 0.0643. The van der Waals surface area contributed by atoms with Gasteiger partial charge in [-0.1, -0.05) is 0 Å². The molecule has 0 radical (unpaired) electrons. The number of nitrogens with one attached hydrogen (secondary N) is 1. The zero-order valence-electron chi connectivity index (χ0n) is 12.8. The fourth-order valence-corrected chi connectivity index (χ4v) is 2.48. The lowest BCUT2D eigenvalue weighted by Gasteiger charge is -2.34. The van der Waals surface area contributed by atoms with Gasteiger partial charge < -0.3 is 15.2 Å². The third-order valence-corrected chi connectivity index (χ3v) is 3.43. The van der Waals surface area contributed by atoms with Gasteiger partial charge in [0, 0.05) is 12.1 Å². The summed E-state index contributed by atoms with van der Waals surface area (Å²) < 4.78 is 5.23. The number of carbonyl (C=O) groups excluding carboxylic acids is 1. The number of hydrogen-bond donors (Lipinski definition) is 2. The zero-order chi connectivity index (χ0) is 15.3. The molecule has 1 aliphatic carbocycles. The fraction of sp³-hybridized carbons (Fsp3) is 0.857. The minimum Gasteiger partial charge on any atom is -0.480 e. The lowest BCUT2D eigenvalue weighted by molar-refractivity contribution is -0.138. The number of aliphatic carboxylic acids is 1. The van der Waals surface area contributed by atoms with Gasteiger partial charge in [0.2, 0.25) is 0 Å². The Labute approximate surface area is 120 Å². The summed E-state index contributed by atoms with van der Waals surface area (Å²) in [6.07, 6.45) is 3.12. The van der Waals surface area contributed by atoms with Gasteiger partial charge in [-0.05, 0) is 53.5 Å². The highest BCUT2D eigenvalue weighted by molar-refractivity contribution is 5.69. The van der Waals surface area contributed by atoms with Crippen molar-refractivity contribution in [3.8, 4) is 0 Å². The molecule has 0 spiro atoms. The molecule has 0 aromatic heterocycles. The molecule has 0 aromatic carbocycles. The summed E-state index contributed by atoms with van der Waals surface area (Å²) in [6, 6.07) is 0.405. The maximum atomic E-state index is 11.7. The van der Waals surface area contributed by atoms with E-state index in [2.05, 4.69) is 5.32 Å². The van der Waals surface area contributed by atoms with Crippen LogP contribution in [0.2, 0.25) is 0 Å². The summed E-state index contributed by atoms with van der Waals surface area (Å²) >= 11 is 0. The second-order valence-corrected chi connectivity index (χ2v) is 6.46. The van der Waals surface area contributed by atoms with Gasteiger partial charge in [0.05, 0.1) is 6.54 Å². The molecule has 0 atom stereocenters. The Bertz CT molecular complexity index is 344. The molecule has 1 aliphatic rings. The quantitative estimate of drug-likeness (QED) is 0.824. The minimum atomic E-state index is -0.804. The third kappa shape index (κ3) is 6.23. The van der Waals surface area contributed by atoms with E-state index < -0.39 is 11.6 Å². The highest BCUT2D eigenvalue weighted by atomic mass is 16.6. The van der Waals surface area contributed by atoms with Crippen LogP contribution in [0.3, 0.4) is 0 Å². The van der Waals surface area contributed by atoms with E-state index in [4.69, 9.17) is 9.84 Å². The fourth-order valence-electron chi connectivity index (χ4n) is 2.48. The molecule has 0 aromatic rings. The Balaban J connectivity index is 2.32. The topological polar surface area (TPSA) is 78.9 Å². The lowest BCUT2D eigenvalue weighted by Crippen LogP contribution is -2.45. The second kappa shape index (κ2) is 6.92. The van der Waals surface area contributed by atoms with Crippen molar-refractivity contribution in [2.75, 3.05) is 13.6 Å². The molecule has 2 N–H and O–H groups in total. The molecule has 116 valence electrons. The number of amides is 1. The predicted molar refractivity (Wildman–Crippen MR) is 75.7 cm³/mol. The van der Waals surface area contributed by atoms with E-state index in [0.29, 0.717) is 0 Å². The first kappa shape index (κ1) is 16.8. The first-order chi connectivity index (χ1) is 9.17. The van der Waals surface area contributed by atoms with Crippen molar-refractivity contribution in [3.63, 3.8) is 0 Å². The second-order valence-electron chi connectivity index (χ2n) is 6.46. The number of hydrogen-bond acceptors (Lipinski definition) is 4. The van der Waals surface area contributed by atoms with Crippen molar-refractivity contribution >= 4 is 12.1 Å². The SMILES string of the molecule is CN(CC(=O)O)C1CCC(NC(=O)OC(C)(C)C)CC1. The standard InChI is InChI=1S/C14H26N2O4/c1-14(2,3)20-13(19)15-10-5-7-11(8-6-10)16(4)9-12(17)18/h10-11H,5-9H2,1-4H3,(H,15,19)(H,17,18). The summed E-state index contributed by atoms with van der Waals surface area (Å²) in [5.41, 5.74) is -0.483. The van der Waals surface area contributed by atoms with Crippen LogP contribution in [0.4, 0.5) is 4.79 Å². The largest absolute Gasteiger partial charge is 0.480 e. The molecule has 0 aliphatic heterocycles. The first-order valence-electron chi connectivity index (χ1n) is 7.09. The van der Waals surface area contributed by atoms with Crippen LogP contribution < -0.4 is 5.32 Å². The maximum absolute atomic E-state index is 11.7. The Morgan fingerprint density at radius 2 is 1.80 bits per heavy atom. The monoisotopic (exact) mass is 286 g/mol. The maximum Gasteiger partial charge on any atom is 0.407 e. The average molecular weight is 286 g/mol. The number of rotatable bonds is 4. The number of carboxylic acid groups (broad SMARTS) is 1. The van der Waals surface area contributed by atoms with Crippen molar-refractivity contribution < 1.29 is 19.4 Å². The molecule has 6 heteroatoms. The van der Waals surface area contributed by atoms with Crippen molar-refractivity contribution in [1.29, 1.82) is 0 Å². The highest BCUT2D eigenvalue weighted by Gasteiger charge is 2.27. The molecular weight excluding hydrogens is 260 g/mol. The number of carbonyl (C=O) groups is 2. The summed E-state index contributed by atoms with van der Waals surface area (Å²) in [5.74, 6) is -0.804. The molecule has 0 heterocycles. The van der Waals surface area contributed by atoms with E-state index in [-0.39, 0.29) is 24.7 Å². The van der Waals surface area contributed by atoms with E-state index in [1.807, 2.05) is 32.7 Å². The van der Waals surface area contributed by atoms with E-state index in [1.54, 1.807) is 0 Å². The van der Waals surface area contributed by atoms with Crippen LogP contribution in [0.5, 0.6) is 0 Å². The number of ether oxygens (including phenoxy) is 1. The van der Waals surface area contributed by atoms with Crippen molar-refractivity contribution in [2.45, 2.75) is 64.1 Å². The van der Waals surface area contributed by atoms with Gasteiger partial charge in [-0.2, -0.15) is 0 Å². The van der Waals surface area contributed by atoms with Crippen LogP contribution in [-0.2, 0) is 9.53 Å². The van der Waals surface area contributed by atoms with Crippen LogP contribution in [0.15, 0.2) is 0 Å². The zero-order valence-corrected chi connectivity index (χ0v) is 12.8. The normalized spacial score (nSPS) is 23.4. The molecule has 1 amide bonds. The van der Waals surface area contributed by atoms with Crippen molar-refractivity contribution in [3.05, 3.63) is 0 Å². The molecule has 20 heavy (non-hydrogen) atoms. The van der Waals surface area contributed by atoms with E-state index in [9.17, 15) is 9.59 Å². The van der Waals surface area contributed by atoms with Crippen molar-refractivity contribution in [1.82, 2.24) is 10.2 Å². The summed E-state index contributed by atoms with van der Waals surface area (Å²) in [7, 11) is 1.83. The lowest BCUT2D eigenvalue weighted by atomic mass is 9.90. The Kier molecular flexibility index (Phi) is 5.80. The van der Waals surface area contributed by atoms with Crippen molar-refractivity contribution in [2.24, 2.45) is 0 Å². The van der Waals surface area contributed by atoms with Gasteiger partial charge in [0.1, 0.15) is 5.60 Å². The number of carboxylic acids is 1. The summed E-state index contributed by atoms with van der Waals surface area (Å²) in [5, 5.41) is 11.7. The molecule has 6 nitrogen and oxygen atoms in total. The molecule has 1 fully saturated rings. The predicted octanol–water partition coefficient (Wildman–Crippen LogP) is 1.84. The Morgan fingerprint density at radius 1 is 1.25 bits per heavy atom. The Morgan fingerprint density at radius 3 is 2.25 bits per heavy atom. The molecule has 1 rings (SSSR count). The molecule has 0 bridgehead atoms. The van der Waals surface area contributed by atoms with E-state index in [1.165, 1.54) is 0 Å². The van der Waals surface area contributed by atoms with Gasteiger partial charge in [-0.15, -0.1) is 0 Å². The number of alkyl carbamates (subject to hydrolysis) is 1. The summed E-state index contributed by atoms with van der Waals surface area (Å²) in [6.45, 7) is 5.58.